The van der Waals surface area contributed by atoms with Gasteiger partial charge in [-0.15, -0.1) is 0 Å². The Morgan fingerprint density at radius 2 is 2.00 bits per heavy atom. The van der Waals surface area contributed by atoms with Crippen LogP contribution in [0.25, 0.3) is 0 Å². The molecule has 0 spiro atoms. The van der Waals surface area contributed by atoms with Gasteiger partial charge in [0.2, 0.25) is 0 Å². The fourth-order valence-electron chi connectivity index (χ4n) is 3.46. The van der Waals surface area contributed by atoms with E-state index in [1.54, 1.807) is 6.92 Å². The van der Waals surface area contributed by atoms with E-state index in [4.69, 9.17) is 4.74 Å². The third-order valence-electron chi connectivity index (χ3n) is 3.42. The number of ketones is 1. The van der Waals surface area contributed by atoms with E-state index in [0.29, 0.717) is 6.61 Å². The van der Waals surface area contributed by atoms with Crippen LogP contribution in [0, 0.1) is 16.7 Å². The molecule has 0 fully saturated rings. The largest absolute Gasteiger partial charge is 0.499 e. The monoisotopic (exact) mass is 224 g/mol. The van der Waals surface area contributed by atoms with Gasteiger partial charge in [-0.25, -0.2) is 0 Å². The number of hydrogen-bond acceptors (Lipinski definition) is 2. The zero-order chi connectivity index (χ0) is 12.6. The summed E-state index contributed by atoms with van der Waals surface area (Å²) in [7, 11) is 0. The highest BCUT2D eigenvalue weighted by Crippen LogP contribution is 2.50. The predicted molar refractivity (Wildman–Crippen MR) is 66.1 cm³/mol. The Hall–Kier alpha value is -0.790. The first-order valence-electron chi connectivity index (χ1n) is 6.05. The zero-order valence-electron chi connectivity index (χ0n) is 11.4. The van der Waals surface area contributed by atoms with Crippen molar-refractivity contribution in [2.45, 2.75) is 48.0 Å². The average molecular weight is 224 g/mol. The Morgan fingerprint density at radius 1 is 1.44 bits per heavy atom. The number of ether oxygens (including phenoxy) is 1. The van der Waals surface area contributed by atoms with Gasteiger partial charge in [-0.3, -0.25) is 4.79 Å². The Balaban J connectivity index is 3.11. The van der Waals surface area contributed by atoms with Crippen molar-refractivity contribution in [2.24, 2.45) is 16.7 Å². The van der Waals surface area contributed by atoms with Crippen molar-refractivity contribution in [3.8, 4) is 0 Å². The lowest BCUT2D eigenvalue weighted by Crippen LogP contribution is -2.43. The highest BCUT2D eigenvalue weighted by molar-refractivity contribution is 5.80. The van der Waals surface area contributed by atoms with Crippen LogP contribution in [0.5, 0.6) is 0 Å². The van der Waals surface area contributed by atoms with Gasteiger partial charge >= 0.3 is 0 Å². The van der Waals surface area contributed by atoms with Gasteiger partial charge in [-0.1, -0.05) is 27.7 Å². The molecule has 1 aliphatic rings. The van der Waals surface area contributed by atoms with Crippen LogP contribution in [0.4, 0.5) is 0 Å². The quantitative estimate of drug-likeness (QED) is 0.732. The summed E-state index contributed by atoms with van der Waals surface area (Å²) in [5, 5.41) is 0. The molecule has 0 saturated carbocycles. The maximum absolute atomic E-state index is 11.8. The molecule has 0 aromatic heterocycles. The molecule has 0 amide bonds. The van der Waals surface area contributed by atoms with Crippen LogP contribution in [-0.2, 0) is 9.53 Å². The van der Waals surface area contributed by atoms with Crippen molar-refractivity contribution in [1.82, 2.24) is 0 Å². The molecular weight excluding hydrogens is 200 g/mol. The number of rotatable bonds is 3. The predicted octanol–water partition coefficient (Wildman–Crippen LogP) is 3.57. The smallest absolute Gasteiger partial charge is 0.134 e. The molecule has 1 rings (SSSR count). The fraction of sp³-hybridized carbons (Fsp3) is 0.786. The molecular formula is C14H24O2. The van der Waals surface area contributed by atoms with E-state index in [1.807, 2.05) is 6.92 Å². The second-order valence-corrected chi connectivity index (χ2v) is 6.07. The number of hydrogen-bond donors (Lipinski definition) is 0. The second-order valence-electron chi connectivity index (χ2n) is 6.07. The molecule has 2 heteroatoms. The minimum absolute atomic E-state index is 0.0193. The Bertz CT molecular complexity index is 311. The molecule has 0 bridgehead atoms. The lowest BCUT2D eigenvalue weighted by molar-refractivity contribution is -0.129. The third-order valence-corrected chi connectivity index (χ3v) is 3.42. The van der Waals surface area contributed by atoms with Crippen molar-refractivity contribution < 1.29 is 9.53 Å². The maximum atomic E-state index is 11.8. The lowest BCUT2D eigenvalue weighted by Gasteiger charge is -2.46. The highest BCUT2D eigenvalue weighted by atomic mass is 16.5. The summed E-state index contributed by atoms with van der Waals surface area (Å²) in [4.78, 5) is 11.8. The van der Waals surface area contributed by atoms with Gasteiger partial charge in [0, 0.05) is 12.3 Å². The molecule has 1 atom stereocenters. The normalized spacial score (nSPS) is 27.1. The van der Waals surface area contributed by atoms with E-state index in [0.717, 1.165) is 12.2 Å². The first-order chi connectivity index (χ1) is 7.20. The molecule has 0 saturated heterocycles. The first-order valence-corrected chi connectivity index (χ1v) is 6.05. The van der Waals surface area contributed by atoms with Crippen LogP contribution in [-0.4, -0.2) is 12.4 Å². The zero-order valence-corrected chi connectivity index (χ0v) is 11.4. The fourth-order valence-corrected chi connectivity index (χ4v) is 3.46. The maximum Gasteiger partial charge on any atom is 0.134 e. The summed E-state index contributed by atoms with van der Waals surface area (Å²) in [6.45, 7) is 13.0. The van der Waals surface area contributed by atoms with Gasteiger partial charge in [0.1, 0.15) is 5.78 Å². The Morgan fingerprint density at radius 3 is 2.38 bits per heavy atom. The van der Waals surface area contributed by atoms with Crippen molar-refractivity contribution in [2.75, 3.05) is 6.61 Å². The summed E-state index contributed by atoms with van der Waals surface area (Å²) in [6.07, 6.45) is 2.99. The van der Waals surface area contributed by atoms with Crippen molar-refractivity contribution in [3.63, 3.8) is 0 Å². The molecule has 0 N–H and O–H groups in total. The molecule has 92 valence electrons. The van der Waals surface area contributed by atoms with E-state index in [-0.39, 0.29) is 22.5 Å². The number of carbonyl (C=O) groups excluding carboxylic acids is 1. The molecule has 0 radical (unpaired) electrons. The summed E-state index contributed by atoms with van der Waals surface area (Å²) in [6, 6.07) is 0. The van der Waals surface area contributed by atoms with E-state index in [2.05, 4.69) is 33.8 Å². The minimum Gasteiger partial charge on any atom is -0.499 e. The number of carbonyl (C=O) groups is 1. The topological polar surface area (TPSA) is 26.3 Å². The number of allylic oxidation sites excluding steroid dienone is 2. The standard InChI is InChI=1S/C14H24O2/c1-7-16-11-8-13(3,4)12(10(2)15)14(5,6)9-11/h8,12H,7,9H2,1-6H3. The first kappa shape index (κ1) is 13.3. The average Bonchev–Trinajstić information content (AvgIpc) is 1.96. The highest BCUT2D eigenvalue weighted by Gasteiger charge is 2.46. The van der Waals surface area contributed by atoms with Crippen LogP contribution in [0.3, 0.4) is 0 Å². The van der Waals surface area contributed by atoms with Crippen LogP contribution < -0.4 is 0 Å². The molecule has 0 heterocycles. The Kier molecular flexibility index (Phi) is 3.51. The molecule has 0 aromatic rings. The van der Waals surface area contributed by atoms with E-state index >= 15 is 0 Å². The van der Waals surface area contributed by atoms with Crippen molar-refractivity contribution in [1.29, 1.82) is 0 Å². The number of Topliss-reactive ketones (excluding diaryl/α,β-unsaturated/α-hetero) is 1. The Labute approximate surface area is 99.1 Å². The molecule has 0 aromatic carbocycles. The summed E-state index contributed by atoms with van der Waals surface area (Å²) in [5.41, 5.74) is -0.132. The van der Waals surface area contributed by atoms with Gasteiger partial charge in [0.25, 0.3) is 0 Å². The molecule has 1 aliphatic carbocycles. The van der Waals surface area contributed by atoms with Crippen LogP contribution in [0.2, 0.25) is 0 Å². The second kappa shape index (κ2) is 4.23. The summed E-state index contributed by atoms with van der Waals surface area (Å²) < 4.78 is 5.63. The lowest BCUT2D eigenvalue weighted by atomic mass is 9.58. The summed E-state index contributed by atoms with van der Waals surface area (Å²) in [5.74, 6) is 1.39. The van der Waals surface area contributed by atoms with E-state index < -0.39 is 0 Å². The van der Waals surface area contributed by atoms with Crippen LogP contribution >= 0.6 is 0 Å². The van der Waals surface area contributed by atoms with Gasteiger partial charge < -0.3 is 4.74 Å². The van der Waals surface area contributed by atoms with Crippen molar-refractivity contribution in [3.05, 3.63) is 11.8 Å². The third kappa shape index (κ3) is 2.47. The van der Waals surface area contributed by atoms with Gasteiger partial charge in [0.15, 0.2) is 0 Å². The van der Waals surface area contributed by atoms with Crippen LogP contribution in [0.15, 0.2) is 11.8 Å². The van der Waals surface area contributed by atoms with Gasteiger partial charge in [-0.05, 0) is 30.8 Å². The molecule has 0 aliphatic heterocycles. The molecule has 16 heavy (non-hydrogen) atoms. The molecule has 1 unspecified atom stereocenters. The van der Waals surface area contributed by atoms with Crippen molar-refractivity contribution >= 4 is 5.78 Å². The SMILES string of the molecule is CCOC1=CC(C)(C)C(C(C)=O)C(C)(C)C1. The van der Waals surface area contributed by atoms with E-state index in [1.165, 1.54) is 0 Å². The van der Waals surface area contributed by atoms with E-state index in [9.17, 15) is 4.79 Å². The molecule has 2 nitrogen and oxygen atoms in total. The minimum atomic E-state index is -0.113. The van der Waals surface area contributed by atoms with Crippen LogP contribution in [0.1, 0.15) is 48.0 Å². The van der Waals surface area contributed by atoms with Gasteiger partial charge in [-0.2, -0.15) is 0 Å². The van der Waals surface area contributed by atoms with Gasteiger partial charge in [0.05, 0.1) is 12.4 Å². The summed E-state index contributed by atoms with van der Waals surface area (Å²) >= 11 is 0.